The van der Waals surface area contributed by atoms with Crippen molar-refractivity contribution >= 4 is 21.8 Å². The molecule has 0 amide bonds. The quantitative estimate of drug-likeness (QED) is 0.928. The number of hydrogen-bond acceptors (Lipinski definition) is 3. The summed E-state index contributed by atoms with van der Waals surface area (Å²) in [7, 11) is -0.496. The second kappa shape index (κ2) is 5.66. The smallest absolute Gasteiger partial charge is 0.279 e. The van der Waals surface area contributed by atoms with Crippen LogP contribution in [0.5, 0.6) is 5.75 Å². The Bertz CT molecular complexity index is 560. The molecule has 1 heterocycles. The third kappa shape index (κ3) is 3.20. The molecule has 5 nitrogen and oxygen atoms in total. The molecule has 106 valence electrons. The highest BCUT2D eigenvalue weighted by Gasteiger charge is 2.26. The van der Waals surface area contributed by atoms with Gasteiger partial charge in [-0.2, -0.15) is 17.4 Å². The Morgan fingerprint density at radius 2 is 2.16 bits per heavy atom. The molecule has 1 aliphatic rings. The summed E-state index contributed by atoms with van der Waals surface area (Å²) < 4.78 is 33.3. The van der Waals surface area contributed by atoms with Crippen LogP contribution in [0.25, 0.3) is 0 Å². The van der Waals surface area contributed by atoms with Crippen molar-refractivity contribution in [2.24, 2.45) is 0 Å². The number of rotatable bonds is 3. The first-order valence-electron chi connectivity index (χ1n) is 6.03. The molecule has 0 saturated carbocycles. The van der Waals surface area contributed by atoms with Crippen molar-refractivity contribution < 1.29 is 13.2 Å². The van der Waals surface area contributed by atoms with Gasteiger partial charge in [-0.1, -0.05) is 23.7 Å². The Morgan fingerprint density at radius 3 is 2.84 bits per heavy atom. The van der Waals surface area contributed by atoms with Crippen LogP contribution in [0.2, 0.25) is 5.02 Å². The standard InChI is InChI=1S/C12H17ClN2O3S/c1-15(2)19(16,17)14-11-7-4-8-18-12-9(11)5-3-6-10(12)13/h3,5-6,11,14H,4,7-8H2,1-2H3/t11-/m1/s1. The number of halogens is 1. The van der Waals surface area contributed by atoms with Gasteiger partial charge in [0, 0.05) is 19.7 Å². The molecule has 1 aliphatic heterocycles. The van der Waals surface area contributed by atoms with E-state index in [-0.39, 0.29) is 6.04 Å². The van der Waals surface area contributed by atoms with Crippen LogP contribution in [0.4, 0.5) is 0 Å². The molecule has 7 heteroatoms. The monoisotopic (exact) mass is 304 g/mol. The van der Waals surface area contributed by atoms with Gasteiger partial charge in [-0.05, 0) is 18.9 Å². The molecule has 0 aliphatic carbocycles. The molecular formula is C12H17ClN2O3S. The van der Waals surface area contributed by atoms with E-state index in [0.29, 0.717) is 23.8 Å². The van der Waals surface area contributed by atoms with Crippen LogP contribution in [0.1, 0.15) is 24.4 Å². The van der Waals surface area contributed by atoms with Gasteiger partial charge >= 0.3 is 0 Å². The Hall–Kier alpha value is -0.820. The Labute approximate surface area is 118 Å². The summed E-state index contributed by atoms with van der Waals surface area (Å²) in [6.45, 7) is 0.539. The van der Waals surface area contributed by atoms with E-state index in [1.165, 1.54) is 14.1 Å². The lowest BCUT2D eigenvalue weighted by Gasteiger charge is -2.21. The average molecular weight is 305 g/mol. The summed E-state index contributed by atoms with van der Waals surface area (Å²) >= 11 is 6.10. The zero-order valence-corrected chi connectivity index (χ0v) is 12.5. The van der Waals surface area contributed by atoms with Gasteiger partial charge in [0.25, 0.3) is 10.2 Å². The van der Waals surface area contributed by atoms with Crippen molar-refractivity contribution in [1.29, 1.82) is 0 Å². The van der Waals surface area contributed by atoms with Crippen molar-refractivity contribution in [3.8, 4) is 5.75 Å². The molecule has 0 aromatic heterocycles. The highest BCUT2D eigenvalue weighted by atomic mass is 35.5. The summed E-state index contributed by atoms with van der Waals surface area (Å²) in [6.07, 6.45) is 1.45. The molecular weight excluding hydrogens is 288 g/mol. The summed E-state index contributed by atoms with van der Waals surface area (Å²) in [6, 6.07) is 5.06. The fourth-order valence-electron chi connectivity index (χ4n) is 1.98. The number of nitrogens with one attached hydrogen (secondary N) is 1. The normalized spacial score (nSPS) is 19.7. The number of benzene rings is 1. The zero-order valence-electron chi connectivity index (χ0n) is 10.9. The molecule has 0 bridgehead atoms. The molecule has 0 saturated heterocycles. The summed E-state index contributed by atoms with van der Waals surface area (Å²) in [5, 5.41) is 0.508. The van der Waals surface area contributed by atoms with E-state index in [9.17, 15) is 8.42 Å². The molecule has 1 N–H and O–H groups in total. The van der Waals surface area contributed by atoms with Gasteiger partial charge in [0.05, 0.1) is 17.7 Å². The van der Waals surface area contributed by atoms with Crippen LogP contribution in [0, 0.1) is 0 Å². The first-order chi connectivity index (χ1) is 8.92. The fourth-order valence-corrected chi connectivity index (χ4v) is 3.03. The van der Waals surface area contributed by atoms with Crippen molar-refractivity contribution in [2.75, 3.05) is 20.7 Å². The van der Waals surface area contributed by atoms with Gasteiger partial charge < -0.3 is 4.74 Å². The van der Waals surface area contributed by atoms with Gasteiger partial charge in [0.15, 0.2) is 0 Å². The first-order valence-corrected chi connectivity index (χ1v) is 7.84. The molecule has 1 atom stereocenters. The van der Waals surface area contributed by atoms with E-state index in [2.05, 4.69) is 4.72 Å². The van der Waals surface area contributed by atoms with Crippen LogP contribution < -0.4 is 9.46 Å². The van der Waals surface area contributed by atoms with Crippen LogP contribution in [0.15, 0.2) is 18.2 Å². The lowest BCUT2D eigenvalue weighted by Crippen LogP contribution is -2.38. The van der Waals surface area contributed by atoms with Crippen molar-refractivity contribution in [1.82, 2.24) is 9.03 Å². The van der Waals surface area contributed by atoms with Gasteiger partial charge in [0.1, 0.15) is 5.75 Å². The second-order valence-electron chi connectivity index (χ2n) is 4.61. The van der Waals surface area contributed by atoms with Gasteiger partial charge in [-0.15, -0.1) is 0 Å². The van der Waals surface area contributed by atoms with Crippen molar-refractivity contribution in [3.05, 3.63) is 28.8 Å². The number of hydrogen-bond donors (Lipinski definition) is 1. The zero-order chi connectivity index (χ0) is 14.0. The number of para-hydroxylation sites is 1. The minimum absolute atomic E-state index is 0.316. The second-order valence-corrected chi connectivity index (χ2v) is 6.93. The minimum Gasteiger partial charge on any atom is -0.492 e. The lowest BCUT2D eigenvalue weighted by atomic mass is 10.0. The fraction of sp³-hybridized carbons (Fsp3) is 0.500. The van der Waals surface area contributed by atoms with E-state index in [1.54, 1.807) is 12.1 Å². The maximum Gasteiger partial charge on any atom is 0.279 e. The average Bonchev–Trinajstić information content (AvgIpc) is 2.53. The number of ether oxygens (including phenoxy) is 1. The number of nitrogens with zero attached hydrogens (tertiary/aromatic N) is 1. The van der Waals surface area contributed by atoms with E-state index in [0.717, 1.165) is 16.3 Å². The van der Waals surface area contributed by atoms with E-state index >= 15 is 0 Å². The maximum atomic E-state index is 11.9. The number of fused-ring (bicyclic) bond motifs is 1. The Morgan fingerprint density at radius 1 is 1.42 bits per heavy atom. The molecule has 0 spiro atoms. The van der Waals surface area contributed by atoms with E-state index in [4.69, 9.17) is 16.3 Å². The van der Waals surface area contributed by atoms with Crippen LogP contribution >= 0.6 is 11.6 Å². The van der Waals surface area contributed by atoms with Gasteiger partial charge in [-0.25, -0.2) is 0 Å². The molecule has 1 aromatic carbocycles. The largest absolute Gasteiger partial charge is 0.492 e. The third-order valence-electron chi connectivity index (χ3n) is 3.03. The maximum absolute atomic E-state index is 11.9. The minimum atomic E-state index is -3.48. The molecule has 19 heavy (non-hydrogen) atoms. The van der Waals surface area contributed by atoms with Crippen molar-refractivity contribution in [3.63, 3.8) is 0 Å². The molecule has 0 radical (unpaired) electrons. The Kier molecular flexibility index (Phi) is 4.35. The van der Waals surface area contributed by atoms with Crippen molar-refractivity contribution in [2.45, 2.75) is 18.9 Å². The highest BCUT2D eigenvalue weighted by molar-refractivity contribution is 7.87. The molecule has 1 aromatic rings. The molecule has 0 fully saturated rings. The lowest BCUT2D eigenvalue weighted by molar-refractivity contribution is 0.316. The SMILES string of the molecule is CN(C)S(=O)(=O)N[C@@H]1CCCOc2c(Cl)cccc21. The van der Waals surface area contributed by atoms with Gasteiger partial charge in [-0.3, -0.25) is 0 Å². The van der Waals surface area contributed by atoms with E-state index < -0.39 is 10.2 Å². The Balaban J connectivity index is 2.36. The van der Waals surface area contributed by atoms with E-state index in [1.807, 2.05) is 6.07 Å². The predicted molar refractivity (Wildman–Crippen MR) is 74.7 cm³/mol. The topological polar surface area (TPSA) is 58.6 Å². The van der Waals surface area contributed by atoms with Crippen LogP contribution in [-0.2, 0) is 10.2 Å². The summed E-state index contributed by atoms with van der Waals surface area (Å²) in [5.41, 5.74) is 0.787. The summed E-state index contributed by atoms with van der Waals surface area (Å²) in [5.74, 6) is 0.577. The summed E-state index contributed by atoms with van der Waals surface area (Å²) in [4.78, 5) is 0. The van der Waals surface area contributed by atoms with Gasteiger partial charge in [0.2, 0.25) is 0 Å². The highest BCUT2D eigenvalue weighted by Crippen LogP contribution is 2.37. The predicted octanol–water partition coefficient (Wildman–Crippen LogP) is 1.95. The van der Waals surface area contributed by atoms with Crippen LogP contribution in [0.3, 0.4) is 0 Å². The molecule has 0 unspecified atom stereocenters. The first kappa shape index (κ1) is 14.6. The van der Waals surface area contributed by atoms with Crippen LogP contribution in [-0.4, -0.2) is 33.4 Å². The molecule has 2 rings (SSSR count). The third-order valence-corrected chi connectivity index (χ3v) is 4.87.